The molecular weight excluding hydrogens is 238 g/mol. The lowest BCUT2D eigenvalue weighted by molar-refractivity contribution is 0.0695. The van der Waals surface area contributed by atoms with Crippen molar-refractivity contribution in [2.75, 3.05) is 0 Å². The highest BCUT2D eigenvalue weighted by molar-refractivity contribution is 6.15. The molecule has 0 amide bonds. The van der Waals surface area contributed by atoms with Crippen molar-refractivity contribution < 1.29 is 19.8 Å². The smallest absolute Gasteiger partial charge is 0.336 e. The monoisotopic (exact) mass is 245 g/mol. The van der Waals surface area contributed by atoms with Crippen molar-refractivity contribution in [3.8, 4) is 0 Å². The lowest BCUT2D eigenvalue weighted by atomic mass is 9.98. The van der Waals surface area contributed by atoms with Crippen molar-refractivity contribution in [1.29, 1.82) is 0 Å². The fourth-order valence-corrected chi connectivity index (χ4v) is 1.83. The maximum Gasteiger partial charge on any atom is 0.336 e. The van der Waals surface area contributed by atoms with E-state index in [0.29, 0.717) is 0 Å². The van der Waals surface area contributed by atoms with Gasteiger partial charge in [-0.25, -0.2) is 9.59 Å². The second kappa shape index (κ2) is 4.25. The molecule has 2 rings (SSSR count). The standard InChI is InChI=1S/C12H7NO5/c14-11(15)7-3-1-2-6-9(13-18)5-4-8(10(6)7)12(16)17/h1-5H,(H,14,15)(H,16,17). The van der Waals surface area contributed by atoms with Gasteiger partial charge in [0.25, 0.3) is 0 Å². The molecule has 6 nitrogen and oxygen atoms in total. The summed E-state index contributed by atoms with van der Waals surface area (Å²) in [7, 11) is 0. The van der Waals surface area contributed by atoms with Crippen LogP contribution in [0.5, 0.6) is 0 Å². The van der Waals surface area contributed by atoms with Gasteiger partial charge >= 0.3 is 11.9 Å². The number of rotatable bonds is 3. The third-order valence-electron chi connectivity index (χ3n) is 2.58. The molecule has 0 bridgehead atoms. The van der Waals surface area contributed by atoms with Crippen molar-refractivity contribution in [3.05, 3.63) is 46.4 Å². The van der Waals surface area contributed by atoms with Gasteiger partial charge in [-0.15, -0.1) is 4.91 Å². The van der Waals surface area contributed by atoms with E-state index in [0.717, 1.165) is 0 Å². The lowest BCUT2D eigenvalue weighted by Crippen LogP contribution is -2.04. The third-order valence-corrected chi connectivity index (χ3v) is 2.58. The van der Waals surface area contributed by atoms with Crippen LogP contribution >= 0.6 is 0 Å². The fraction of sp³-hybridized carbons (Fsp3) is 0. The summed E-state index contributed by atoms with van der Waals surface area (Å²) in [6, 6.07) is 6.61. The average Bonchev–Trinajstić information content (AvgIpc) is 2.36. The molecule has 0 aromatic heterocycles. The second-order valence-corrected chi connectivity index (χ2v) is 3.56. The summed E-state index contributed by atoms with van der Waals surface area (Å²) in [4.78, 5) is 32.8. The summed E-state index contributed by atoms with van der Waals surface area (Å²) in [6.45, 7) is 0. The largest absolute Gasteiger partial charge is 0.478 e. The molecule has 0 atom stereocenters. The van der Waals surface area contributed by atoms with E-state index in [-0.39, 0.29) is 27.6 Å². The summed E-state index contributed by atoms with van der Waals surface area (Å²) >= 11 is 0. The quantitative estimate of drug-likeness (QED) is 0.809. The van der Waals surface area contributed by atoms with Crippen molar-refractivity contribution >= 4 is 28.4 Å². The van der Waals surface area contributed by atoms with Gasteiger partial charge in [0.15, 0.2) is 0 Å². The van der Waals surface area contributed by atoms with Gasteiger partial charge in [0.2, 0.25) is 0 Å². The first-order valence-corrected chi connectivity index (χ1v) is 4.92. The maximum absolute atomic E-state index is 11.1. The maximum atomic E-state index is 11.1. The highest BCUT2D eigenvalue weighted by Crippen LogP contribution is 2.31. The lowest BCUT2D eigenvalue weighted by Gasteiger charge is -2.07. The van der Waals surface area contributed by atoms with Crippen LogP contribution in [0.2, 0.25) is 0 Å². The first-order valence-electron chi connectivity index (χ1n) is 4.92. The molecule has 6 heteroatoms. The SMILES string of the molecule is O=Nc1ccc(C(=O)O)c2c(C(=O)O)cccc12. The van der Waals surface area contributed by atoms with Crippen LogP contribution in [0.4, 0.5) is 5.69 Å². The zero-order valence-electron chi connectivity index (χ0n) is 8.95. The van der Waals surface area contributed by atoms with E-state index in [4.69, 9.17) is 10.2 Å². The van der Waals surface area contributed by atoms with Crippen LogP contribution < -0.4 is 0 Å². The van der Waals surface area contributed by atoms with Gasteiger partial charge in [-0.05, 0) is 23.4 Å². The van der Waals surface area contributed by atoms with E-state index in [1.807, 2.05) is 0 Å². The Bertz CT molecular complexity index is 657. The van der Waals surface area contributed by atoms with E-state index in [2.05, 4.69) is 5.18 Å². The Hall–Kier alpha value is -2.76. The molecule has 0 aliphatic carbocycles. The van der Waals surface area contributed by atoms with Crippen LogP contribution in [-0.4, -0.2) is 22.2 Å². The van der Waals surface area contributed by atoms with Crippen molar-refractivity contribution in [2.24, 2.45) is 5.18 Å². The Balaban J connectivity index is 3.01. The van der Waals surface area contributed by atoms with Crippen LogP contribution in [0.15, 0.2) is 35.5 Å². The molecule has 0 aliphatic rings. The molecule has 0 spiro atoms. The summed E-state index contributed by atoms with van der Waals surface area (Å²) in [6.07, 6.45) is 0. The Morgan fingerprint density at radius 3 is 2.11 bits per heavy atom. The van der Waals surface area contributed by atoms with Gasteiger partial charge in [0.1, 0.15) is 5.69 Å². The zero-order valence-corrected chi connectivity index (χ0v) is 8.95. The van der Waals surface area contributed by atoms with Gasteiger partial charge < -0.3 is 10.2 Å². The number of hydrogen-bond acceptors (Lipinski definition) is 4. The molecule has 0 saturated carbocycles. The molecule has 2 N–H and O–H groups in total. The zero-order chi connectivity index (χ0) is 13.3. The van der Waals surface area contributed by atoms with Gasteiger partial charge in [0, 0.05) is 10.8 Å². The molecule has 0 unspecified atom stereocenters. The van der Waals surface area contributed by atoms with Crippen LogP contribution in [0.1, 0.15) is 20.7 Å². The summed E-state index contributed by atoms with van der Waals surface area (Å²) in [5.74, 6) is -2.52. The van der Waals surface area contributed by atoms with Crippen LogP contribution in [0, 0.1) is 4.91 Å². The Morgan fingerprint density at radius 1 is 0.944 bits per heavy atom. The number of carboxylic acids is 2. The highest BCUT2D eigenvalue weighted by atomic mass is 16.4. The predicted octanol–water partition coefficient (Wildman–Crippen LogP) is 2.63. The highest BCUT2D eigenvalue weighted by Gasteiger charge is 2.18. The number of aromatic carboxylic acids is 2. The first kappa shape index (κ1) is 11.7. The molecular formula is C12H7NO5. The van der Waals surface area contributed by atoms with Gasteiger partial charge in [0.05, 0.1) is 11.1 Å². The molecule has 0 saturated heterocycles. The number of nitroso groups, excluding NO2 is 1. The Kier molecular flexibility index (Phi) is 2.77. The fourth-order valence-electron chi connectivity index (χ4n) is 1.83. The number of carbonyl (C=O) groups is 2. The number of nitrogens with zero attached hydrogens (tertiary/aromatic N) is 1. The molecule has 0 heterocycles. The number of hydrogen-bond donors (Lipinski definition) is 2. The molecule has 0 fully saturated rings. The molecule has 0 radical (unpaired) electrons. The van der Waals surface area contributed by atoms with E-state index in [9.17, 15) is 14.5 Å². The minimum absolute atomic E-state index is 0.00889. The first-order chi connectivity index (χ1) is 8.56. The third kappa shape index (κ3) is 1.69. The van der Waals surface area contributed by atoms with Crippen LogP contribution in [0.25, 0.3) is 10.8 Å². The minimum Gasteiger partial charge on any atom is -0.478 e. The van der Waals surface area contributed by atoms with Crippen molar-refractivity contribution in [2.45, 2.75) is 0 Å². The van der Waals surface area contributed by atoms with Gasteiger partial charge in [-0.2, -0.15) is 0 Å². The van der Waals surface area contributed by atoms with E-state index >= 15 is 0 Å². The summed E-state index contributed by atoms with van der Waals surface area (Å²) < 4.78 is 0. The Morgan fingerprint density at radius 2 is 1.56 bits per heavy atom. The van der Waals surface area contributed by atoms with E-state index in [1.165, 1.54) is 30.3 Å². The summed E-state index contributed by atoms with van der Waals surface area (Å²) in [5, 5.41) is 21.1. The Labute approximate surface area is 100 Å². The van der Waals surface area contributed by atoms with Crippen LogP contribution in [0.3, 0.4) is 0 Å². The number of benzene rings is 2. The summed E-state index contributed by atoms with van der Waals surface area (Å²) in [5.41, 5.74) is -0.330. The van der Waals surface area contributed by atoms with Crippen molar-refractivity contribution in [3.63, 3.8) is 0 Å². The minimum atomic E-state index is -1.26. The van der Waals surface area contributed by atoms with Gasteiger partial charge in [-0.3, -0.25) is 0 Å². The topological polar surface area (TPSA) is 104 Å². The van der Waals surface area contributed by atoms with Gasteiger partial charge in [-0.1, -0.05) is 12.1 Å². The van der Waals surface area contributed by atoms with Crippen LogP contribution in [-0.2, 0) is 0 Å². The second-order valence-electron chi connectivity index (χ2n) is 3.56. The molecule has 18 heavy (non-hydrogen) atoms. The van der Waals surface area contributed by atoms with E-state index in [1.54, 1.807) is 0 Å². The molecule has 2 aromatic carbocycles. The average molecular weight is 245 g/mol. The normalized spacial score (nSPS) is 10.2. The van der Waals surface area contributed by atoms with E-state index < -0.39 is 11.9 Å². The molecule has 0 aliphatic heterocycles. The molecule has 90 valence electrons. The number of carboxylic acid groups (broad SMARTS) is 2. The predicted molar refractivity (Wildman–Crippen MR) is 63.3 cm³/mol. The molecule has 2 aromatic rings. The number of fused-ring (bicyclic) bond motifs is 1. The van der Waals surface area contributed by atoms with Crippen molar-refractivity contribution in [1.82, 2.24) is 0 Å².